The van der Waals surface area contributed by atoms with Crippen molar-refractivity contribution in [1.29, 1.82) is 0 Å². The molecule has 0 amide bonds. The minimum absolute atomic E-state index is 0.311. The molecular weight excluding hydrogens is 360 g/mol. The lowest BCUT2D eigenvalue weighted by atomic mass is 9.67. The number of hydrogen-bond donors (Lipinski definition) is 2. The van der Waals surface area contributed by atoms with E-state index in [4.69, 9.17) is 5.14 Å². The van der Waals surface area contributed by atoms with E-state index in [1.54, 1.807) is 0 Å². The molecule has 1 aromatic carbocycles. The highest BCUT2D eigenvalue weighted by Gasteiger charge is 2.48. The number of rotatable bonds is 3. The summed E-state index contributed by atoms with van der Waals surface area (Å²) in [6.07, 6.45) is 4.42. The largest absolute Gasteiger partial charge is 0.317 e. The van der Waals surface area contributed by atoms with Gasteiger partial charge in [-0.15, -0.1) is 0 Å². The molecule has 1 heterocycles. The Kier molecular flexibility index (Phi) is 4.54. The summed E-state index contributed by atoms with van der Waals surface area (Å²) in [6, 6.07) is 6.67. The van der Waals surface area contributed by atoms with E-state index in [1.165, 1.54) is 24.0 Å². The molecule has 2 aliphatic rings. The molecule has 5 heteroatoms. The molecular formula is C17H25BrN2OS. The summed E-state index contributed by atoms with van der Waals surface area (Å²) in [5.41, 5.74) is 3.22. The second-order valence-corrected chi connectivity index (χ2v) is 10.1. The van der Waals surface area contributed by atoms with Crippen molar-refractivity contribution in [2.45, 2.75) is 50.2 Å². The van der Waals surface area contributed by atoms with Gasteiger partial charge < -0.3 is 5.32 Å². The number of nitrogens with one attached hydrogen (secondary N) is 1. The minimum atomic E-state index is -1.30. The average Bonchev–Trinajstić information content (AvgIpc) is 2.73. The molecule has 0 saturated carbocycles. The molecule has 1 unspecified atom stereocenters. The highest BCUT2D eigenvalue weighted by molar-refractivity contribution is 9.10. The summed E-state index contributed by atoms with van der Waals surface area (Å²) < 4.78 is 12.7. The maximum atomic E-state index is 12.0. The molecule has 22 heavy (non-hydrogen) atoms. The molecule has 0 radical (unpaired) electrons. The smallest absolute Gasteiger partial charge is 0.0945 e. The molecule has 1 aliphatic carbocycles. The second kappa shape index (κ2) is 6.00. The number of benzene rings is 1. The SMILES string of the molecule is CC(C)(C[C@@H]1c2cc(Br)ccc2CC12CCNCC2)S(N)=O. The van der Waals surface area contributed by atoms with Crippen molar-refractivity contribution in [2.24, 2.45) is 10.6 Å². The van der Waals surface area contributed by atoms with Crippen LogP contribution in [-0.4, -0.2) is 22.0 Å². The third-order valence-corrected chi connectivity index (χ3v) is 7.35. The van der Waals surface area contributed by atoms with Crippen molar-refractivity contribution in [1.82, 2.24) is 5.32 Å². The first kappa shape index (κ1) is 16.6. The van der Waals surface area contributed by atoms with Crippen LogP contribution in [0.5, 0.6) is 0 Å². The molecule has 122 valence electrons. The first-order chi connectivity index (χ1) is 10.3. The van der Waals surface area contributed by atoms with Crippen LogP contribution >= 0.6 is 15.9 Å². The van der Waals surface area contributed by atoms with Gasteiger partial charge in [0.1, 0.15) is 0 Å². The lowest BCUT2D eigenvalue weighted by Crippen LogP contribution is -2.43. The van der Waals surface area contributed by atoms with Crippen molar-refractivity contribution in [3.05, 3.63) is 33.8 Å². The zero-order valence-corrected chi connectivity index (χ0v) is 15.7. The Morgan fingerprint density at radius 3 is 2.73 bits per heavy atom. The van der Waals surface area contributed by atoms with E-state index >= 15 is 0 Å². The molecule has 3 N–H and O–H groups in total. The third-order valence-electron chi connectivity index (χ3n) is 5.60. The van der Waals surface area contributed by atoms with Gasteiger partial charge in [-0.25, -0.2) is 4.21 Å². The Bertz CT molecular complexity index is 596. The molecule has 0 aromatic heterocycles. The van der Waals surface area contributed by atoms with Crippen molar-refractivity contribution in [3.63, 3.8) is 0 Å². The van der Waals surface area contributed by atoms with Crippen molar-refractivity contribution >= 4 is 26.9 Å². The van der Waals surface area contributed by atoms with Crippen molar-refractivity contribution in [3.8, 4) is 0 Å². The van der Waals surface area contributed by atoms with E-state index in [0.717, 1.165) is 30.4 Å². The van der Waals surface area contributed by atoms with Crippen LogP contribution in [-0.2, 0) is 17.4 Å². The molecule has 1 aliphatic heterocycles. The summed E-state index contributed by atoms with van der Waals surface area (Å²) in [6.45, 7) is 6.23. The summed E-state index contributed by atoms with van der Waals surface area (Å²) in [4.78, 5) is 0. The van der Waals surface area contributed by atoms with Gasteiger partial charge in [0.2, 0.25) is 0 Å². The fourth-order valence-electron chi connectivity index (χ4n) is 4.23. The Morgan fingerprint density at radius 2 is 2.09 bits per heavy atom. The quantitative estimate of drug-likeness (QED) is 0.839. The van der Waals surface area contributed by atoms with E-state index in [0.29, 0.717) is 11.3 Å². The Morgan fingerprint density at radius 1 is 1.41 bits per heavy atom. The summed E-state index contributed by atoms with van der Waals surface area (Å²) in [7, 11) is -1.30. The summed E-state index contributed by atoms with van der Waals surface area (Å²) in [5, 5.41) is 9.25. The van der Waals surface area contributed by atoms with Crippen LogP contribution in [0.25, 0.3) is 0 Å². The van der Waals surface area contributed by atoms with Crippen LogP contribution in [0.2, 0.25) is 0 Å². The number of fused-ring (bicyclic) bond motifs is 1. The lowest BCUT2D eigenvalue weighted by molar-refractivity contribution is 0.158. The van der Waals surface area contributed by atoms with Crippen LogP contribution in [0.3, 0.4) is 0 Å². The lowest BCUT2D eigenvalue weighted by Gasteiger charge is -2.42. The first-order valence-electron chi connectivity index (χ1n) is 7.99. The van der Waals surface area contributed by atoms with Gasteiger partial charge in [-0.1, -0.05) is 22.0 Å². The average molecular weight is 385 g/mol. The van der Waals surface area contributed by atoms with Gasteiger partial charge in [0.25, 0.3) is 0 Å². The Labute approximate surface area is 144 Å². The fraction of sp³-hybridized carbons (Fsp3) is 0.647. The topological polar surface area (TPSA) is 55.1 Å². The molecule has 0 bridgehead atoms. The van der Waals surface area contributed by atoms with E-state index in [9.17, 15) is 4.21 Å². The highest BCUT2D eigenvalue weighted by atomic mass is 79.9. The van der Waals surface area contributed by atoms with Crippen LogP contribution in [0.15, 0.2) is 22.7 Å². The molecule has 1 fully saturated rings. The Balaban J connectivity index is 2.01. The zero-order chi connectivity index (χ0) is 16.0. The van der Waals surface area contributed by atoms with E-state index < -0.39 is 11.0 Å². The number of hydrogen-bond acceptors (Lipinski definition) is 2. The van der Waals surface area contributed by atoms with Crippen LogP contribution < -0.4 is 10.5 Å². The number of halogens is 1. The zero-order valence-electron chi connectivity index (χ0n) is 13.3. The number of nitrogens with two attached hydrogens (primary N) is 1. The second-order valence-electron chi connectivity index (χ2n) is 7.45. The molecule has 3 rings (SSSR count). The van der Waals surface area contributed by atoms with E-state index in [-0.39, 0.29) is 4.75 Å². The van der Waals surface area contributed by atoms with Gasteiger partial charge in [0, 0.05) is 4.47 Å². The predicted molar refractivity (Wildman–Crippen MR) is 96.1 cm³/mol. The standard InChI is InChI=1S/C17H25BrN2OS/c1-16(2,22(19)21)11-15-14-9-13(18)4-3-12(14)10-17(15)5-7-20-8-6-17/h3-4,9,15,20H,5-8,10-11,19H2,1-2H3/t15-,22?/m1/s1. The summed E-state index contributed by atoms with van der Waals surface area (Å²) >= 11 is 3.62. The van der Waals surface area contributed by atoms with Crippen LogP contribution in [0.1, 0.15) is 50.2 Å². The third kappa shape index (κ3) is 2.93. The minimum Gasteiger partial charge on any atom is -0.317 e. The van der Waals surface area contributed by atoms with Gasteiger partial charge >= 0.3 is 0 Å². The van der Waals surface area contributed by atoms with Crippen LogP contribution in [0, 0.1) is 5.41 Å². The normalized spacial score (nSPS) is 25.2. The van der Waals surface area contributed by atoms with Gasteiger partial charge in [-0.05, 0) is 87.2 Å². The van der Waals surface area contributed by atoms with E-state index in [2.05, 4.69) is 39.4 Å². The molecule has 2 atom stereocenters. The predicted octanol–water partition coefficient (Wildman–Crippen LogP) is 3.25. The first-order valence-corrected chi connectivity index (χ1v) is 10.00. The monoisotopic (exact) mass is 384 g/mol. The maximum Gasteiger partial charge on any atom is 0.0945 e. The summed E-state index contributed by atoms with van der Waals surface area (Å²) in [5.74, 6) is 0.449. The molecule has 1 aromatic rings. The number of piperidine rings is 1. The van der Waals surface area contributed by atoms with Crippen molar-refractivity contribution in [2.75, 3.05) is 13.1 Å². The molecule has 1 spiro atoms. The Hall–Kier alpha value is -0.230. The fourth-order valence-corrected chi connectivity index (χ4v) is 4.94. The highest BCUT2D eigenvalue weighted by Crippen LogP contribution is 2.56. The molecule has 3 nitrogen and oxygen atoms in total. The van der Waals surface area contributed by atoms with Gasteiger partial charge in [-0.3, -0.25) is 5.14 Å². The maximum absolute atomic E-state index is 12.0. The van der Waals surface area contributed by atoms with E-state index in [1.807, 2.05) is 13.8 Å². The van der Waals surface area contributed by atoms with Crippen molar-refractivity contribution < 1.29 is 4.21 Å². The van der Waals surface area contributed by atoms with Gasteiger partial charge in [0.05, 0.1) is 15.7 Å². The van der Waals surface area contributed by atoms with Crippen LogP contribution in [0.4, 0.5) is 0 Å². The molecule has 1 saturated heterocycles. The van der Waals surface area contributed by atoms with Gasteiger partial charge in [-0.2, -0.15) is 0 Å². The van der Waals surface area contributed by atoms with Gasteiger partial charge in [0.15, 0.2) is 0 Å².